The molecule has 0 aromatic rings. The minimum atomic E-state index is -4.29. The number of nitrogens with two attached hydrogens (primary N) is 1. The van der Waals surface area contributed by atoms with Crippen molar-refractivity contribution < 1.29 is 23.3 Å². The fourth-order valence-electron chi connectivity index (χ4n) is 2.71. The number of hydrogen-bond acceptors (Lipinski definition) is 5. The molecule has 6 nitrogen and oxygen atoms in total. The van der Waals surface area contributed by atoms with E-state index in [9.17, 15) is 14.3 Å². The molecule has 0 aromatic heterocycles. The Labute approximate surface area is 165 Å². The van der Waals surface area contributed by atoms with Gasteiger partial charge in [-0.15, -0.1) is 0 Å². The van der Waals surface area contributed by atoms with Crippen LogP contribution in [0.1, 0.15) is 96.8 Å². The zero-order valence-electron chi connectivity index (χ0n) is 17.1. The Balaban J connectivity index is 3.40. The topological polar surface area (TPSA) is 98.9 Å². The SMILES string of the molecule is CCCCCCCC/C=C\CCCCCCCC(=O)OP(=O)(O)OCCN. The first-order valence-electron chi connectivity index (χ1n) is 10.6. The summed E-state index contributed by atoms with van der Waals surface area (Å²) < 4.78 is 20.3. The zero-order valence-corrected chi connectivity index (χ0v) is 18.0. The van der Waals surface area contributed by atoms with Crippen molar-refractivity contribution >= 4 is 13.8 Å². The average Bonchev–Trinajstić information content (AvgIpc) is 2.63. The van der Waals surface area contributed by atoms with E-state index in [-0.39, 0.29) is 19.6 Å². The Morgan fingerprint density at radius 2 is 1.44 bits per heavy atom. The number of phosphoric acid groups is 1. The Hall–Kier alpha value is -0.680. The second-order valence-corrected chi connectivity index (χ2v) is 8.27. The van der Waals surface area contributed by atoms with Crippen LogP contribution in [0.5, 0.6) is 0 Å². The third-order valence-electron chi connectivity index (χ3n) is 4.23. The Morgan fingerprint density at radius 3 is 2.00 bits per heavy atom. The van der Waals surface area contributed by atoms with Gasteiger partial charge in [-0.3, -0.25) is 14.2 Å². The highest BCUT2D eigenvalue weighted by Gasteiger charge is 2.25. The van der Waals surface area contributed by atoms with Gasteiger partial charge < -0.3 is 10.3 Å². The van der Waals surface area contributed by atoms with Crippen LogP contribution in [-0.2, 0) is 18.4 Å². The van der Waals surface area contributed by atoms with E-state index in [0.29, 0.717) is 6.42 Å². The maximum atomic E-state index is 11.5. The Morgan fingerprint density at radius 1 is 0.926 bits per heavy atom. The predicted octanol–water partition coefficient (Wildman–Crippen LogP) is 5.64. The lowest BCUT2D eigenvalue weighted by molar-refractivity contribution is -0.136. The summed E-state index contributed by atoms with van der Waals surface area (Å²) in [4.78, 5) is 20.8. The molecule has 160 valence electrons. The number of unbranched alkanes of at least 4 members (excludes halogenated alkanes) is 11. The molecule has 0 saturated heterocycles. The van der Waals surface area contributed by atoms with Crippen molar-refractivity contribution in [2.45, 2.75) is 96.8 Å². The molecule has 0 fully saturated rings. The van der Waals surface area contributed by atoms with Gasteiger partial charge >= 0.3 is 13.8 Å². The predicted molar refractivity (Wildman–Crippen MR) is 110 cm³/mol. The Bertz CT molecular complexity index is 429. The van der Waals surface area contributed by atoms with Gasteiger partial charge in [-0.25, -0.2) is 4.57 Å². The third kappa shape index (κ3) is 19.9. The number of carbonyl (C=O) groups is 1. The van der Waals surface area contributed by atoms with Gasteiger partial charge in [0.05, 0.1) is 6.61 Å². The first-order chi connectivity index (χ1) is 13.0. The van der Waals surface area contributed by atoms with E-state index >= 15 is 0 Å². The van der Waals surface area contributed by atoms with Gasteiger partial charge in [0.1, 0.15) is 0 Å². The maximum Gasteiger partial charge on any atom is 0.529 e. The molecular weight excluding hydrogens is 365 g/mol. The van der Waals surface area contributed by atoms with E-state index in [2.05, 4.69) is 28.1 Å². The van der Waals surface area contributed by atoms with Crippen LogP contribution in [0.2, 0.25) is 0 Å². The molecule has 0 aliphatic heterocycles. The van der Waals surface area contributed by atoms with Crippen molar-refractivity contribution in [3.05, 3.63) is 12.2 Å². The maximum absolute atomic E-state index is 11.5. The van der Waals surface area contributed by atoms with Crippen LogP contribution < -0.4 is 5.73 Å². The number of rotatable bonds is 19. The van der Waals surface area contributed by atoms with Crippen molar-refractivity contribution in [3.8, 4) is 0 Å². The van der Waals surface area contributed by atoms with E-state index < -0.39 is 13.8 Å². The van der Waals surface area contributed by atoms with E-state index in [4.69, 9.17) is 5.73 Å². The molecule has 0 aromatic carbocycles. The highest BCUT2D eigenvalue weighted by molar-refractivity contribution is 7.48. The van der Waals surface area contributed by atoms with Crippen LogP contribution >= 0.6 is 7.82 Å². The van der Waals surface area contributed by atoms with Crippen molar-refractivity contribution in [1.29, 1.82) is 0 Å². The number of hydrogen-bond donors (Lipinski definition) is 2. The normalized spacial score (nSPS) is 13.7. The van der Waals surface area contributed by atoms with Gasteiger partial charge in [-0.2, -0.15) is 0 Å². The average molecular weight is 406 g/mol. The molecule has 0 amide bonds. The first-order valence-corrected chi connectivity index (χ1v) is 12.1. The Kier molecular flexibility index (Phi) is 18.2. The lowest BCUT2D eigenvalue weighted by atomic mass is 10.1. The van der Waals surface area contributed by atoms with E-state index in [0.717, 1.165) is 32.1 Å². The fraction of sp³-hybridized carbons (Fsp3) is 0.850. The van der Waals surface area contributed by atoms with Crippen LogP contribution in [0.4, 0.5) is 0 Å². The zero-order chi connectivity index (χ0) is 20.2. The quantitative estimate of drug-likeness (QED) is 0.164. The molecule has 3 N–H and O–H groups in total. The van der Waals surface area contributed by atoms with Gasteiger partial charge in [0.25, 0.3) is 0 Å². The van der Waals surface area contributed by atoms with Gasteiger partial charge in [-0.05, 0) is 32.1 Å². The molecule has 0 radical (unpaired) electrons. The van der Waals surface area contributed by atoms with E-state index in [1.807, 2.05) is 0 Å². The van der Waals surface area contributed by atoms with Crippen molar-refractivity contribution in [1.82, 2.24) is 0 Å². The highest BCUT2D eigenvalue weighted by atomic mass is 31.2. The molecule has 0 spiro atoms. The second kappa shape index (κ2) is 18.7. The van der Waals surface area contributed by atoms with Crippen LogP contribution in [0.15, 0.2) is 12.2 Å². The molecule has 0 aliphatic carbocycles. The number of allylic oxidation sites excluding steroid dienone is 2. The molecule has 0 rings (SSSR count). The highest BCUT2D eigenvalue weighted by Crippen LogP contribution is 2.43. The first kappa shape index (κ1) is 26.3. The second-order valence-electron chi connectivity index (χ2n) is 6.89. The largest absolute Gasteiger partial charge is 0.529 e. The molecular formula is C20H40NO5P. The molecule has 0 bridgehead atoms. The third-order valence-corrected chi connectivity index (χ3v) is 5.18. The van der Waals surface area contributed by atoms with Crippen molar-refractivity contribution in [3.63, 3.8) is 0 Å². The van der Waals surface area contributed by atoms with Crippen LogP contribution in [0.3, 0.4) is 0 Å². The summed E-state index contributed by atoms with van der Waals surface area (Å²) >= 11 is 0. The lowest BCUT2D eigenvalue weighted by Crippen LogP contribution is -2.10. The molecule has 0 saturated carbocycles. The summed E-state index contributed by atoms with van der Waals surface area (Å²) in [6, 6.07) is 0. The summed E-state index contributed by atoms with van der Waals surface area (Å²) in [5.74, 6) is -0.699. The summed E-state index contributed by atoms with van der Waals surface area (Å²) in [5.41, 5.74) is 5.16. The molecule has 7 heteroatoms. The van der Waals surface area contributed by atoms with Crippen molar-refractivity contribution in [2.75, 3.05) is 13.2 Å². The monoisotopic (exact) mass is 405 g/mol. The number of carbonyl (C=O) groups excluding carboxylic acids is 1. The molecule has 27 heavy (non-hydrogen) atoms. The number of phosphoric ester groups is 1. The minimum absolute atomic E-state index is 0.0936. The van der Waals surface area contributed by atoms with E-state index in [1.165, 1.54) is 44.9 Å². The fourth-order valence-corrected chi connectivity index (χ4v) is 3.45. The van der Waals surface area contributed by atoms with Gasteiger partial charge in [0.15, 0.2) is 0 Å². The molecule has 1 unspecified atom stereocenters. The molecule has 0 aliphatic rings. The summed E-state index contributed by atoms with van der Waals surface area (Å²) in [7, 11) is -4.29. The minimum Gasteiger partial charge on any atom is -0.371 e. The van der Waals surface area contributed by atoms with Gasteiger partial charge in [0.2, 0.25) is 0 Å². The van der Waals surface area contributed by atoms with Crippen LogP contribution in [0.25, 0.3) is 0 Å². The summed E-state index contributed by atoms with van der Waals surface area (Å²) in [5, 5.41) is 0. The summed E-state index contributed by atoms with van der Waals surface area (Å²) in [6.45, 7) is 2.22. The van der Waals surface area contributed by atoms with Crippen LogP contribution in [-0.4, -0.2) is 24.0 Å². The van der Waals surface area contributed by atoms with Crippen LogP contribution in [0, 0.1) is 0 Å². The standard InChI is InChI=1S/C20H40NO5P/c1-2-3-4-5-6-7-8-9-10-11-12-13-14-15-16-17-20(22)26-27(23,24)25-19-18-21/h9-10H,2-8,11-19,21H2,1H3,(H,23,24)/b10-9-. The van der Waals surface area contributed by atoms with Crippen molar-refractivity contribution in [2.24, 2.45) is 5.73 Å². The smallest absolute Gasteiger partial charge is 0.371 e. The molecule has 0 heterocycles. The van der Waals surface area contributed by atoms with Gasteiger partial charge in [0, 0.05) is 13.0 Å². The lowest BCUT2D eigenvalue weighted by Gasteiger charge is -2.10. The summed E-state index contributed by atoms with van der Waals surface area (Å²) in [6.07, 6.45) is 20.0. The molecule has 1 atom stereocenters. The van der Waals surface area contributed by atoms with E-state index in [1.54, 1.807) is 0 Å². The van der Waals surface area contributed by atoms with Gasteiger partial charge in [-0.1, -0.05) is 70.4 Å².